The minimum atomic E-state index is -0.223. The highest BCUT2D eigenvalue weighted by molar-refractivity contribution is 6.05. The Morgan fingerprint density at radius 3 is 2.62 bits per heavy atom. The maximum Gasteiger partial charge on any atom is 0.255 e. The molecule has 0 atom stereocenters. The Labute approximate surface area is 185 Å². The summed E-state index contributed by atoms with van der Waals surface area (Å²) in [5.41, 5.74) is 4.72. The summed E-state index contributed by atoms with van der Waals surface area (Å²) in [5.74, 6) is 0.422. The monoisotopic (exact) mass is 426 g/mol. The van der Waals surface area contributed by atoms with Crippen LogP contribution in [-0.2, 0) is 4.79 Å². The molecule has 2 heterocycles. The van der Waals surface area contributed by atoms with Crippen molar-refractivity contribution in [3.8, 4) is 11.4 Å². The van der Waals surface area contributed by atoms with Gasteiger partial charge in [0.1, 0.15) is 12.1 Å². The molecule has 1 saturated heterocycles. The average molecular weight is 426 g/mol. The van der Waals surface area contributed by atoms with Crippen molar-refractivity contribution < 1.29 is 14.3 Å². The lowest BCUT2D eigenvalue weighted by molar-refractivity contribution is -0.117. The third-order valence-corrected chi connectivity index (χ3v) is 5.66. The van der Waals surface area contributed by atoms with E-state index in [2.05, 4.69) is 10.3 Å². The normalized spacial score (nSPS) is 13.5. The van der Waals surface area contributed by atoms with E-state index in [0.717, 1.165) is 28.8 Å². The molecular formula is C25H22N4O3. The molecule has 4 aromatic rings. The standard InChI is InChI=1S/C25H22N4O3/c1-32-23-15-18(10-13-22(23)28-14-4-7-24(28)30)27-25(31)17-8-11-19(12-9-17)29-16-26-20-5-2-3-6-21(20)29/h2-3,5-6,8-13,15-16H,4,7,14H2,1H3,(H,27,31). The fourth-order valence-corrected chi connectivity index (χ4v) is 4.02. The Kier molecular flexibility index (Phi) is 5.07. The molecule has 0 saturated carbocycles. The predicted molar refractivity (Wildman–Crippen MR) is 124 cm³/mol. The van der Waals surface area contributed by atoms with Crippen LogP contribution in [0.3, 0.4) is 0 Å². The van der Waals surface area contributed by atoms with Gasteiger partial charge in [-0.2, -0.15) is 0 Å². The Bertz CT molecular complexity index is 1310. The van der Waals surface area contributed by atoms with Gasteiger partial charge in [0.15, 0.2) is 0 Å². The van der Waals surface area contributed by atoms with Gasteiger partial charge in [-0.25, -0.2) is 4.98 Å². The molecule has 0 spiro atoms. The third kappa shape index (κ3) is 3.58. The zero-order valence-electron chi connectivity index (χ0n) is 17.6. The second-order valence-corrected chi connectivity index (χ2v) is 7.64. The van der Waals surface area contributed by atoms with Crippen molar-refractivity contribution in [2.75, 3.05) is 23.9 Å². The van der Waals surface area contributed by atoms with E-state index in [-0.39, 0.29) is 11.8 Å². The fraction of sp³-hybridized carbons (Fsp3) is 0.160. The summed E-state index contributed by atoms with van der Waals surface area (Å²) >= 11 is 0. The molecule has 32 heavy (non-hydrogen) atoms. The van der Waals surface area contributed by atoms with Crippen LogP contribution < -0.4 is 15.0 Å². The van der Waals surface area contributed by atoms with E-state index in [0.29, 0.717) is 30.0 Å². The van der Waals surface area contributed by atoms with Crippen LogP contribution in [0.2, 0.25) is 0 Å². The molecule has 1 aromatic heterocycles. The smallest absolute Gasteiger partial charge is 0.255 e. The summed E-state index contributed by atoms with van der Waals surface area (Å²) in [4.78, 5) is 31.0. The van der Waals surface area contributed by atoms with Crippen LogP contribution in [0.25, 0.3) is 16.7 Å². The van der Waals surface area contributed by atoms with Gasteiger partial charge in [0, 0.05) is 36.0 Å². The lowest BCUT2D eigenvalue weighted by atomic mass is 10.1. The zero-order valence-corrected chi connectivity index (χ0v) is 17.6. The molecule has 160 valence electrons. The van der Waals surface area contributed by atoms with Gasteiger partial charge in [0.25, 0.3) is 5.91 Å². The van der Waals surface area contributed by atoms with E-state index in [9.17, 15) is 9.59 Å². The summed E-state index contributed by atoms with van der Waals surface area (Å²) in [6, 6.07) is 20.6. The van der Waals surface area contributed by atoms with Crippen molar-refractivity contribution in [1.29, 1.82) is 0 Å². The van der Waals surface area contributed by atoms with Gasteiger partial charge in [-0.3, -0.25) is 14.2 Å². The second kappa shape index (κ2) is 8.19. The van der Waals surface area contributed by atoms with Crippen LogP contribution in [0, 0.1) is 0 Å². The number of amides is 2. The summed E-state index contributed by atoms with van der Waals surface area (Å²) in [6.07, 6.45) is 3.16. The van der Waals surface area contributed by atoms with Gasteiger partial charge in [0.05, 0.1) is 23.8 Å². The highest BCUT2D eigenvalue weighted by atomic mass is 16.5. The molecule has 0 radical (unpaired) electrons. The molecule has 7 heteroatoms. The number of anilines is 2. The van der Waals surface area contributed by atoms with E-state index in [4.69, 9.17) is 4.74 Å². The highest BCUT2D eigenvalue weighted by Gasteiger charge is 2.24. The molecule has 1 fully saturated rings. The summed E-state index contributed by atoms with van der Waals surface area (Å²) in [5, 5.41) is 2.90. The molecule has 5 rings (SSSR count). The first-order chi connectivity index (χ1) is 15.6. The maximum absolute atomic E-state index is 12.8. The molecule has 1 aliphatic rings. The van der Waals surface area contributed by atoms with E-state index in [1.54, 1.807) is 42.6 Å². The molecule has 0 aliphatic carbocycles. The van der Waals surface area contributed by atoms with Gasteiger partial charge in [-0.05, 0) is 55.0 Å². The molecular weight excluding hydrogens is 404 g/mol. The Balaban J connectivity index is 1.34. The van der Waals surface area contributed by atoms with Gasteiger partial charge in [0.2, 0.25) is 5.91 Å². The summed E-state index contributed by atoms with van der Waals surface area (Å²) in [7, 11) is 1.56. The average Bonchev–Trinajstić information content (AvgIpc) is 3.45. The van der Waals surface area contributed by atoms with Crippen LogP contribution in [0.5, 0.6) is 5.75 Å². The van der Waals surface area contributed by atoms with E-state index < -0.39 is 0 Å². The number of benzene rings is 3. The molecule has 0 bridgehead atoms. The summed E-state index contributed by atoms with van der Waals surface area (Å²) in [6.45, 7) is 0.680. The van der Waals surface area contributed by atoms with E-state index in [1.807, 2.05) is 47.0 Å². The van der Waals surface area contributed by atoms with Crippen LogP contribution >= 0.6 is 0 Å². The number of fused-ring (bicyclic) bond motifs is 1. The molecule has 2 amide bonds. The Morgan fingerprint density at radius 1 is 1.06 bits per heavy atom. The number of carbonyl (C=O) groups excluding carboxylic acids is 2. The lowest BCUT2D eigenvalue weighted by Crippen LogP contribution is -2.24. The van der Waals surface area contributed by atoms with Crippen molar-refractivity contribution in [1.82, 2.24) is 9.55 Å². The minimum absolute atomic E-state index is 0.0887. The first-order valence-corrected chi connectivity index (χ1v) is 10.5. The first kappa shape index (κ1) is 19.8. The largest absolute Gasteiger partial charge is 0.494 e. The second-order valence-electron chi connectivity index (χ2n) is 7.64. The SMILES string of the molecule is COc1cc(NC(=O)c2ccc(-n3cnc4ccccc43)cc2)ccc1N1CCCC1=O. The number of imidazole rings is 1. The quantitative estimate of drug-likeness (QED) is 0.513. The number of carbonyl (C=O) groups is 2. The minimum Gasteiger partial charge on any atom is -0.494 e. The van der Waals surface area contributed by atoms with Crippen LogP contribution in [0.4, 0.5) is 11.4 Å². The van der Waals surface area contributed by atoms with Crippen molar-refractivity contribution in [3.63, 3.8) is 0 Å². The fourth-order valence-electron chi connectivity index (χ4n) is 4.02. The molecule has 1 N–H and O–H groups in total. The topological polar surface area (TPSA) is 76.5 Å². The van der Waals surface area contributed by atoms with Crippen molar-refractivity contribution in [2.45, 2.75) is 12.8 Å². The van der Waals surface area contributed by atoms with Crippen LogP contribution in [0.15, 0.2) is 73.1 Å². The third-order valence-electron chi connectivity index (χ3n) is 5.66. The summed E-state index contributed by atoms with van der Waals surface area (Å²) < 4.78 is 7.46. The highest BCUT2D eigenvalue weighted by Crippen LogP contribution is 2.34. The van der Waals surface area contributed by atoms with Crippen LogP contribution in [0.1, 0.15) is 23.2 Å². The van der Waals surface area contributed by atoms with Crippen LogP contribution in [-0.4, -0.2) is 35.0 Å². The molecule has 1 aliphatic heterocycles. The number of hydrogen-bond donors (Lipinski definition) is 1. The number of para-hydroxylation sites is 2. The number of nitrogens with one attached hydrogen (secondary N) is 1. The maximum atomic E-state index is 12.8. The van der Waals surface area contributed by atoms with E-state index in [1.165, 1.54) is 0 Å². The number of hydrogen-bond acceptors (Lipinski definition) is 4. The number of methoxy groups -OCH3 is 1. The van der Waals surface area contributed by atoms with E-state index >= 15 is 0 Å². The molecule has 3 aromatic carbocycles. The lowest BCUT2D eigenvalue weighted by Gasteiger charge is -2.19. The first-order valence-electron chi connectivity index (χ1n) is 10.5. The van der Waals surface area contributed by atoms with Gasteiger partial charge < -0.3 is 15.0 Å². The van der Waals surface area contributed by atoms with Gasteiger partial charge in [-0.15, -0.1) is 0 Å². The Morgan fingerprint density at radius 2 is 1.88 bits per heavy atom. The van der Waals surface area contributed by atoms with Gasteiger partial charge >= 0.3 is 0 Å². The van der Waals surface area contributed by atoms with Crippen molar-refractivity contribution in [2.24, 2.45) is 0 Å². The number of rotatable bonds is 5. The molecule has 0 unspecified atom stereocenters. The molecule has 7 nitrogen and oxygen atoms in total. The number of nitrogens with zero attached hydrogens (tertiary/aromatic N) is 3. The van der Waals surface area contributed by atoms with Crippen molar-refractivity contribution in [3.05, 3.63) is 78.6 Å². The number of aromatic nitrogens is 2. The zero-order chi connectivity index (χ0) is 22.1. The Hall–Kier alpha value is -4.13. The van der Waals surface area contributed by atoms with Crippen molar-refractivity contribution >= 4 is 34.2 Å². The number of ether oxygens (including phenoxy) is 1. The predicted octanol–water partition coefficient (Wildman–Crippen LogP) is 4.41. The van der Waals surface area contributed by atoms with Gasteiger partial charge in [-0.1, -0.05) is 12.1 Å².